The monoisotopic (exact) mass is 327 g/mol. The fourth-order valence-corrected chi connectivity index (χ4v) is 1.81. The number of hydrogen-bond donors (Lipinski definition) is 3. The molecule has 0 bridgehead atoms. The number of nitrogens with zero attached hydrogens (tertiary/aromatic N) is 3. The zero-order chi connectivity index (χ0) is 17.4. The molecule has 8 nitrogen and oxygen atoms in total. The summed E-state index contributed by atoms with van der Waals surface area (Å²) in [5.74, 6) is 3.66. The number of methoxy groups -OCH3 is 2. The van der Waals surface area contributed by atoms with Crippen LogP contribution in [0.1, 0.15) is 11.3 Å². The summed E-state index contributed by atoms with van der Waals surface area (Å²) in [7, 11) is 2.94. The van der Waals surface area contributed by atoms with Crippen molar-refractivity contribution in [3.63, 3.8) is 0 Å². The van der Waals surface area contributed by atoms with Crippen molar-refractivity contribution in [2.75, 3.05) is 14.2 Å². The van der Waals surface area contributed by atoms with Gasteiger partial charge in [0, 0.05) is 24.9 Å². The molecule has 1 heterocycles. The van der Waals surface area contributed by atoms with E-state index in [1.807, 2.05) is 0 Å². The molecular formula is C16H17N5O3. The molecule has 0 radical (unpaired) electrons. The molecule has 2 aromatic rings. The van der Waals surface area contributed by atoms with E-state index in [0.29, 0.717) is 23.6 Å². The van der Waals surface area contributed by atoms with Gasteiger partial charge in [-0.2, -0.15) is 0 Å². The topological polar surface area (TPSA) is 115 Å². The predicted molar refractivity (Wildman–Crippen MR) is 88.6 cm³/mol. The Balaban J connectivity index is 2.01. The lowest BCUT2D eigenvalue weighted by Gasteiger charge is -2.09. The number of nitrogens with one attached hydrogen (secondary N) is 1. The van der Waals surface area contributed by atoms with E-state index in [1.54, 1.807) is 18.3 Å². The lowest BCUT2D eigenvalue weighted by molar-refractivity contribution is 0.339. The van der Waals surface area contributed by atoms with Crippen LogP contribution < -0.4 is 20.6 Å². The molecule has 0 aliphatic heterocycles. The zero-order valence-electron chi connectivity index (χ0n) is 13.3. The summed E-state index contributed by atoms with van der Waals surface area (Å²) in [5.41, 5.74) is 9.56. The number of aromatic nitrogens is 2. The van der Waals surface area contributed by atoms with Crippen LogP contribution in [0.4, 0.5) is 0 Å². The molecule has 0 atom stereocenters. The zero-order valence-corrected chi connectivity index (χ0v) is 13.3. The minimum Gasteiger partial charge on any atom is -0.502 e. The Bertz CT molecular complexity index is 756. The van der Waals surface area contributed by atoms with E-state index in [-0.39, 0.29) is 11.6 Å². The van der Waals surface area contributed by atoms with E-state index in [1.165, 1.54) is 26.6 Å². The SMILES string of the molecule is COc1cc(CC#CNN=C(N)c2cnccn2)cc(OC)c1O. The predicted octanol–water partition coefficient (Wildman–Crippen LogP) is 0.613. The molecule has 124 valence electrons. The summed E-state index contributed by atoms with van der Waals surface area (Å²) in [4.78, 5) is 7.91. The largest absolute Gasteiger partial charge is 0.502 e. The molecule has 0 aliphatic carbocycles. The number of benzene rings is 1. The van der Waals surface area contributed by atoms with Gasteiger partial charge < -0.3 is 20.3 Å². The first-order valence-corrected chi connectivity index (χ1v) is 6.92. The third-order valence-electron chi connectivity index (χ3n) is 2.98. The van der Waals surface area contributed by atoms with E-state index in [2.05, 4.69) is 32.5 Å². The molecule has 2 rings (SSSR count). The Morgan fingerprint density at radius 2 is 2.00 bits per heavy atom. The van der Waals surface area contributed by atoms with Crippen LogP contribution in [0, 0.1) is 12.0 Å². The first-order chi connectivity index (χ1) is 11.7. The number of amidine groups is 1. The minimum absolute atomic E-state index is 0.0452. The van der Waals surface area contributed by atoms with Crippen LogP contribution in [0.25, 0.3) is 0 Å². The highest BCUT2D eigenvalue weighted by Crippen LogP contribution is 2.37. The van der Waals surface area contributed by atoms with Gasteiger partial charge in [-0.3, -0.25) is 4.98 Å². The molecule has 1 aromatic carbocycles. The Hall–Kier alpha value is -3.47. The maximum absolute atomic E-state index is 9.85. The van der Waals surface area contributed by atoms with Crippen molar-refractivity contribution < 1.29 is 14.6 Å². The molecule has 0 unspecified atom stereocenters. The van der Waals surface area contributed by atoms with Crippen molar-refractivity contribution in [1.29, 1.82) is 0 Å². The number of ether oxygens (including phenoxy) is 2. The maximum Gasteiger partial charge on any atom is 0.200 e. The molecule has 0 saturated carbocycles. The highest BCUT2D eigenvalue weighted by molar-refractivity contribution is 5.95. The van der Waals surface area contributed by atoms with Crippen molar-refractivity contribution >= 4 is 5.84 Å². The second kappa shape index (κ2) is 8.24. The highest BCUT2D eigenvalue weighted by Gasteiger charge is 2.10. The van der Waals surface area contributed by atoms with Crippen molar-refractivity contribution in [3.05, 3.63) is 42.0 Å². The first-order valence-electron chi connectivity index (χ1n) is 6.92. The molecule has 0 saturated heterocycles. The maximum atomic E-state index is 9.85. The number of hydrazone groups is 1. The van der Waals surface area contributed by atoms with Gasteiger partial charge in [0.15, 0.2) is 17.3 Å². The van der Waals surface area contributed by atoms with Crippen molar-refractivity contribution in [3.8, 4) is 29.2 Å². The van der Waals surface area contributed by atoms with Gasteiger partial charge in [-0.25, -0.2) is 10.4 Å². The first kappa shape index (κ1) is 16.9. The third kappa shape index (κ3) is 4.27. The second-order valence-electron chi connectivity index (χ2n) is 4.53. The number of phenols is 1. The van der Waals surface area contributed by atoms with E-state index in [0.717, 1.165) is 5.56 Å². The van der Waals surface area contributed by atoms with Crippen LogP contribution >= 0.6 is 0 Å². The number of nitrogens with two attached hydrogens (primary N) is 1. The van der Waals surface area contributed by atoms with Crippen LogP contribution in [0.5, 0.6) is 17.2 Å². The summed E-state index contributed by atoms with van der Waals surface area (Å²) in [6.07, 6.45) is 4.97. The quantitative estimate of drug-likeness (QED) is 0.242. The average Bonchev–Trinajstić information content (AvgIpc) is 2.63. The van der Waals surface area contributed by atoms with Crippen LogP contribution in [-0.2, 0) is 6.42 Å². The molecule has 0 spiro atoms. The standard InChI is InChI=1S/C16H17N5O3/c1-23-13-8-11(9-14(24-2)15(13)22)4-3-5-20-21-16(17)12-10-18-6-7-19-12/h6-10,20,22H,4H2,1-2H3,(H2,17,21). The van der Waals surface area contributed by atoms with Gasteiger partial charge in [0.2, 0.25) is 5.75 Å². The Labute approximate surface area is 139 Å². The van der Waals surface area contributed by atoms with Gasteiger partial charge in [0.1, 0.15) is 5.69 Å². The summed E-state index contributed by atoms with van der Waals surface area (Å²) in [6, 6.07) is 6.03. The van der Waals surface area contributed by atoms with Gasteiger partial charge in [0.05, 0.1) is 20.4 Å². The van der Waals surface area contributed by atoms with Gasteiger partial charge in [0.25, 0.3) is 0 Å². The average molecular weight is 327 g/mol. The molecule has 0 fully saturated rings. The van der Waals surface area contributed by atoms with Crippen LogP contribution in [0.3, 0.4) is 0 Å². The lowest BCUT2D eigenvalue weighted by Crippen LogP contribution is -2.18. The molecule has 0 amide bonds. The van der Waals surface area contributed by atoms with Gasteiger partial charge in [-0.1, -0.05) is 5.92 Å². The highest BCUT2D eigenvalue weighted by atomic mass is 16.5. The number of phenolic OH excluding ortho intramolecular Hbond substituents is 1. The van der Waals surface area contributed by atoms with Crippen molar-refractivity contribution in [1.82, 2.24) is 15.4 Å². The van der Waals surface area contributed by atoms with Gasteiger partial charge >= 0.3 is 0 Å². The Kier molecular flexibility index (Phi) is 5.80. The molecule has 0 aliphatic rings. The van der Waals surface area contributed by atoms with E-state index >= 15 is 0 Å². The van der Waals surface area contributed by atoms with Crippen molar-refractivity contribution in [2.45, 2.75) is 6.42 Å². The van der Waals surface area contributed by atoms with E-state index < -0.39 is 0 Å². The molecule has 24 heavy (non-hydrogen) atoms. The van der Waals surface area contributed by atoms with Crippen LogP contribution in [0.15, 0.2) is 35.8 Å². The molecule has 4 N–H and O–H groups in total. The number of hydrogen-bond acceptors (Lipinski definition) is 7. The van der Waals surface area contributed by atoms with E-state index in [4.69, 9.17) is 15.2 Å². The lowest BCUT2D eigenvalue weighted by atomic mass is 10.1. The van der Waals surface area contributed by atoms with Crippen molar-refractivity contribution in [2.24, 2.45) is 10.8 Å². The summed E-state index contributed by atoms with van der Waals surface area (Å²) in [6.45, 7) is 0. The fourth-order valence-electron chi connectivity index (χ4n) is 1.81. The van der Waals surface area contributed by atoms with E-state index in [9.17, 15) is 5.11 Å². The van der Waals surface area contributed by atoms with Crippen LogP contribution in [-0.4, -0.2) is 35.1 Å². The summed E-state index contributed by atoms with van der Waals surface area (Å²) >= 11 is 0. The second-order valence-corrected chi connectivity index (χ2v) is 4.53. The Morgan fingerprint density at radius 1 is 1.29 bits per heavy atom. The van der Waals surface area contributed by atoms with Gasteiger partial charge in [-0.05, 0) is 17.7 Å². The summed E-state index contributed by atoms with van der Waals surface area (Å²) in [5, 5.41) is 13.7. The fraction of sp³-hybridized carbons (Fsp3) is 0.188. The molecular weight excluding hydrogens is 310 g/mol. The minimum atomic E-state index is -0.0452. The number of aromatic hydroxyl groups is 1. The Morgan fingerprint density at radius 3 is 2.58 bits per heavy atom. The van der Waals surface area contributed by atoms with Crippen LogP contribution in [0.2, 0.25) is 0 Å². The molecule has 8 heteroatoms. The summed E-state index contributed by atoms with van der Waals surface area (Å²) < 4.78 is 10.2. The van der Waals surface area contributed by atoms with Gasteiger partial charge in [-0.15, -0.1) is 5.10 Å². The molecule has 1 aromatic heterocycles. The smallest absolute Gasteiger partial charge is 0.200 e. The normalized spacial score (nSPS) is 10.5. The number of rotatable bonds is 5. The third-order valence-corrected chi connectivity index (χ3v) is 2.98.